The SMILES string of the molecule is Cc1c(NC(C)C(N)=O)ccc2c1OCCn1cc(N3C(=O)OC[C@H]3C(F)F)nc1-2. The molecular formula is C19H21F2N5O4. The lowest BCUT2D eigenvalue weighted by Gasteiger charge is -2.18. The molecule has 3 N–H and O–H groups in total. The average Bonchev–Trinajstić information content (AvgIpc) is 3.23. The molecule has 0 bridgehead atoms. The van der Waals surface area contributed by atoms with Gasteiger partial charge < -0.3 is 25.1 Å². The maximum absolute atomic E-state index is 13.3. The summed E-state index contributed by atoms with van der Waals surface area (Å²) in [7, 11) is 0. The van der Waals surface area contributed by atoms with E-state index in [1.54, 1.807) is 29.8 Å². The van der Waals surface area contributed by atoms with Gasteiger partial charge in [0.2, 0.25) is 5.91 Å². The van der Waals surface area contributed by atoms with Crippen molar-refractivity contribution >= 4 is 23.5 Å². The van der Waals surface area contributed by atoms with Crippen LogP contribution in [0.1, 0.15) is 12.5 Å². The van der Waals surface area contributed by atoms with Crippen LogP contribution in [0, 0.1) is 6.92 Å². The Hall–Kier alpha value is -3.37. The molecule has 2 aromatic rings. The molecule has 0 aliphatic carbocycles. The van der Waals surface area contributed by atoms with Crippen molar-refractivity contribution < 1.29 is 27.8 Å². The highest BCUT2D eigenvalue weighted by Gasteiger charge is 2.42. The van der Waals surface area contributed by atoms with Crippen molar-refractivity contribution in [2.75, 3.05) is 23.4 Å². The third-order valence-electron chi connectivity index (χ3n) is 5.23. The summed E-state index contributed by atoms with van der Waals surface area (Å²) in [5.41, 5.74) is 7.41. The molecule has 2 aliphatic heterocycles. The number of anilines is 2. The Balaban J connectivity index is 1.73. The second-order valence-corrected chi connectivity index (χ2v) is 7.20. The smallest absolute Gasteiger partial charge is 0.416 e. The Kier molecular flexibility index (Phi) is 4.96. The lowest BCUT2D eigenvalue weighted by Crippen LogP contribution is -2.38. The van der Waals surface area contributed by atoms with Crippen LogP contribution in [-0.4, -0.2) is 53.3 Å². The molecule has 2 aliphatic rings. The van der Waals surface area contributed by atoms with Gasteiger partial charge in [0.15, 0.2) is 5.82 Å². The third-order valence-corrected chi connectivity index (χ3v) is 5.23. The summed E-state index contributed by atoms with van der Waals surface area (Å²) < 4.78 is 39.1. The molecule has 4 rings (SSSR count). The summed E-state index contributed by atoms with van der Waals surface area (Å²) >= 11 is 0. The van der Waals surface area contributed by atoms with Crippen LogP contribution in [-0.2, 0) is 16.1 Å². The van der Waals surface area contributed by atoms with Crippen LogP contribution < -0.4 is 20.7 Å². The van der Waals surface area contributed by atoms with Gasteiger partial charge in [0, 0.05) is 17.4 Å². The number of carbonyl (C=O) groups excluding carboxylic acids is 2. The molecular weight excluding hydrogens is 400 g/mol. The van der Waals surface area contributed by atoms with Crippen LogP contribution in [0.3, 0.4) is 0 Å². The minimum Gasteiger partial charge on any atom is -0.491 e. The summed E-state index contributed by atoms with van der Waals surface area (Å²) in [6.45, 7) is 3.83. The van der Waals surface area contributed by atoms with Crippen LogP contribution >= 0.6 is 0 Å². The number of aromatic nitrogens is 2. The molecule has 3 heterocycles. The van der Waals surface area contributed by atoms with Crippen molar-refractivity contribution in [1.29, 1.82) is 0 Å². The Bertz CT molecular complexity index is 1010. The molecule has 1 aromatic carbocycles. The molecule has 9 nitrogen and oxygen atoms in total. The number of carbonyl (C=O) groups is 2. The maximum atomic E-state index is 13.3. The number of halogens is 2. The highest BCUT2D eigenvalue weighted by Crippen LogP contribution is 2.40. The molecule has 2 atom stereocenters. The fraction of sp³-hybridized carbons (Fsp3) is 0.421. The van der Waals surface area contributed by atoms with Crippen LogP contribution in [0.4, 0.5) is 25.1 Å². The molecule has 2 amide bonds. The number of imidazole rings is 1. The number of hydrogen-bond donors (Lipinski definition) is 2. The zero-order valence-corrected chi connectivity index (χ0v) is 16.4. The predicted molar refractivity (Wildman–Crippen MR) is 104 cm³/mol. The maximum Gasteiger partial charge on any atom is 0.416 e. The standard InChI is InChI=1S/C19H21F2N5O4/c1-9-12(23-10(2)17(22)27)4-3-11-15(9)29-6-5-25-7-14(24-18(11)25)26-13(16(20)21)8-30-19(26)28/h3-4,7,10,13,16,23H,5-6,8H2,1-2H3,(H2,22,27)/t10?,13-/m0/s1. The van der Waals surface area contributed by atoms with E-state index in [1.807, 2.05) is 6.92 Å². The number of nitrogens with one attached hydrogen (secondary N) is 1. The predicted octanol–water partition coefficient (Wildman–Crippen LogP) is 2.13. The Morgan fingerprint density at radius 1 is 1.37 bits per heavy atom. The summed E-state index contributed by atoms with van der Waals surface area (Å²) in [6.07, 6.45) is -2.05. The molecule has 30 heavy (non-hydrogen) atoms. The van der Waals surface area contributed by atoms with E-state index in [4.69, 9.17) is 15.2 Å². The normalized spacial score (nSPS) is 18.9. The minimum absolute atomic E-state index is 0.104. The number of rotatable bonds is 5. The van der Waals surface area contributed by atoms with Crippen molar-refractivity contribution in [2.24, 2.45) is 5.73 Å². The highest BCUT2D eigenvalue weighted by atomic mass is 19.3. The van der Waals surface area contributed by atoms with Crippen molar-refractivity contribution in [3.8, 4) is 17.1 Å². The lowest BCUT2D eigenvalue weighted by molar-refractivity contribution is -0.118. The summed E-state index contributed by atoms with van der Waals surface area (Å²) in [5, 5.41) is 3.04. The molecule has 1 unspecified atom stereocenters. The molecule has 1 fully saturated rings. The summed E-state index contributed by atoms with van der Waals surface area (Å²) in [4.78, 5) is 28.7. The minimum atomic E-state index is -2.75. The second kappa shape index (κ2) is 7.47. The number of primary amides is 1. The molecule has 0 saturated carbocycles. The number of alkyl halides is 2. The lowest BCUT2D eigenvalue weighted by atomic mass is 10.1. The molecule has 0 radical (unpaired) electrons. The van der Waals surface area contributed by atoms with Gasteiger partial charge in [0.05, 0.1) is 12.1 Å². The fourth-order valence-corrected chi connectivity index (χ4v) is 3.55. The van der Waals surface area contributed by atoms with Gasteiger partial charge in [-0.3, -0.25) is 4.79 Å². The third kappa shape index (κ3) is 3.29. The zero-order valence-electron chi connectivity index (χ0n) is 16.4. The van der Waals surface area contributed by atoms with Crippen molar-refractivity contribution in [1.82, 2.24) is 9.55 Å². The number of hydrogen-bond acceptors (Lipinski definition) is 6. The quantitative estimate of drug-likeness (QED) is 0.765. The molecule has 11 heteroatoms. The van der Waals surface area contributed by atoms with Crippen molar-refractivity contribution in [3.05, 3.63) is 23.9 Å². The van der Waals surface area contributed by atoms with E-state index < -0.39 is 30.5 Å². The average molecular weight is 421 g/mol. The zero-order chi connectivity index (χ0) is 21.6. The van der Waals surface area contributed by atoms with E-state index >= 15 is 0 Å². The monoisotopic (exact) mass is 421 g/mol. The van der Waals surface area contributed by atoms with Gasteiger partial charge in [-0.1, -0.05) is 0 Å². The first-order valence-corrected chi connectivity index (χ1v) is 9.42. The number of ether oxygens (including phenoxy) is 2. The van der Waals surface area contributed by atoms with Crippen LogP contribution in [0.25, 0.3) is 11.4 Å². The summed E-state index contributed by atoms with van der Waals surface area (Å²) in [5.74, 6) is 0.661. The Morgan fingerprint density at radius 3 is 2.83 bits per heavy atom. The van der Waals surface area contributed by atoms with E-state index in [1.165, 1.54) is 0 Å². The topological polar surface area (TPSA) is 112 Å². The molecule has 160 valence electrons. The van der Waals surface area contributed by atoms with Crippen molar-refractivity contribution in [3.63, 3.8) is 0 Å². The van der Waals surface area contributed by atoms with Gasteiger partial charge in [-0.2, -0.15) is 0 Å². The van der Waals surface area contributed by atoms with Gasteiger partial charge in [0.1, 0.15) is 36.9 Å². The van der Waals surface area contributed by atoms with E-state index in [0.29, 0.717) is 36.0 Å². The molecule has 0 spiro atoms. The van der Waals surface area contributed by atoms with Gasteiger partial charge >= 0.3 is 6.09 Å². The largest absolute Gasteiger partial charge is 0.491 e. The number of amides is 2. The molecule has 1 saturated heterocycles. The highest BCUT2D eigenvalue weighted by molar-refractivity contribution is 5.90. The first-order chi connectivity index (χ1) is 14.3. The van der Waals surface area contributed by atoms with Crippen LogP contribution in [0.5, 0.6) is 5.75 Å². The van der Waals surface area contributed by atoms with Gasteiger partial charge in [-0.15, -0.1) is 0 Å². The first-order valence-electron chi connectivity index (χ1n) is 9.42. The number of benzene rings is 1. The van der Waals surface area contributed by atoms with Gasteiger partial charge in [-0.05, 0) is 26.0 Å². The van der Waals surface area contributed by atoms with Crippen molar-refractivity contribution in [2.45, 2.75) is 38.9 Å². The number of cyclic esters (lactones) is 1. The Labute approximate surface area is 170 Å². The number of fused-ring (bicyclic) bond motifs is 3. The van der Waals surface area contributed by atoms with Gasteiger partial charge in [0.25, 0.3) is 6.43 Å². The van der Waals surface area contributed by atoms with E-state index in [9.17, 15) is 18.4 Å². The Morgan fingerprint density at radius 2 is 2.13 bits per heavy atom. The number of nitrogens with two attached hydrogens (primary N) is 1. The fourth-order valence-electron chi connectivity index (χ4n) is 3.55. The summed E-state index contributed by atoms with van der Waals surface area (Å²) in [6, 6.07) is 1.58. The first kappa shape index (κ1) is 19.9. The van der Waals surface area contributed by atoms with Crippen LogP contribution in [0.2, 0.25) is 0 Å². The van der Waals surface area contributed by atoms with E-state index in [0.717, 1.165) is 10.5 Å². The molecule has 1 aromatic heterocycles. The second-order valence-electron chi connectivity index (χ2n) is 7.20. The van der Waals surface area contributed by atoms with E-state index in [2.05, 4.69) is 10.3 Å². The van der Waals surface area contributed by atoms with Gasteiger partial charge in [-0.25, -0.2) is 23.5 Å². The number of nitrogens with zero attached hydrogens (tertiary/aromatic N) is 3. The van der Waals surface area contributed by atoms with E-state index in [-0.39, 0.29) is 12.4 Å². The van der Waals surface area contributed by atoms with Crippen LogP contribution in [0.15, 0.2) is 18.3 Å².